The van der Waals surface area contributed by atoms with Gasteiger partial charge in [-0.1, -0.05) is 19.6 Å². The second kappa shape index (κ2) is 6.97. The average Bonchev–Trinajstić information content (AvgIpc) is 2.36. The van der Waals surface area contributed by atoms with Crippen molar-refractivity contribution in [2.45, 2.75) is 6.92 Å². The molecule has 0 saturated heterocycles. The number of ether oxygens (including phenoxy) is 1. The molecule has 17 heavy (non-hydrogen) atoms. The highest BCUT2D eigenvalue weighted by molar-refractivity contribution is 5.50. The van der Waals surface area contributed by atoms with E-state index in [2.05, 4.69) is 36.8 Å². The standard InChI is InChI=1S/C14H22N2O/c1-5-15-10-12(2)11-16(3)13-7-6-8-14(9-13)17-4/h6-9,15H,2,5,10-11H2,1,3-4H3. The third kappa shape index (κ3) is 4.49. The monoisotopic (exact) mass is 234 g/mol. The summed E-state index contributed by atoms with van der Waals surface area (Å²) in [6.45, 7) is 8.85. The summed E-state index contributed by atoms with van der Waals surface area (Å²) in [5.74, 6) is 0.881. The Morgan fingerprint density at radius 1 is 1.47 bits per heavy atom. The average molecular weight is 234 g/mol. The molecule has 0 saturated carbocycles. The molecular weight excluding hydrogens is 212 g/mol. The lowest BCUT2D eigenvalue weighted by atomic mass is 10.2. The highest BCUT2D eigenvalue weighted by Gasteiger charge is 2.03. The fourth-order valence-corrected chi connectivity index (χ4v) is 1.63. The molecule has 0 spiro atoms. The zero-order valence-corrected chi connectivity index (χ0v) is 11.0. The summed E-state index contributed by atoms with van der Waals surface area (Å²) in [5.41, 5.74) is 2.32. The number of likely N-dealkylation sites (N-methyl/N-ethyl adjacent to an activating group) is 2. The SMILES string of the molecule is C=C(CNCC)CN(C)c1cccc(OC)c1. The van der Waals surface area contributed by atoms with Gasteiger partial charge < -0.3 is 15.0 Å². The maximum Gasteiger partial charge on any atom is 0.120 e. The van der Waals surface area contributed by atoms with Crippen LogP contribution in [-0.2, 0) is 0 Å². The molecule has 1 rings (SSSR count). The van der Waals surface area contributed by atoms with Crippen molar-refractivity contribution in [1.29, 1.82) is 0 Å². The maximum absolute atomic E-state index is 5.21. The van der Waals surface area contributed by atoms with Crippen molar-refractivity contribution < 1.29 is 4.74 Å². The van der Waals surface area contributed by atoms with Crippen molar-refractivity contribution in [3.8, 4) is 5.75 Å². The minimum Gasteiger partial charge on any atom is -0.497 e. The molecule has 0 radical (unpaired) electrons. The van der Waals surface area contributed by atoms with Crippen molar-refractivity contribution >= 4 is 5.69 Å². The third-order valence-corrected chi connectivity index (χ3v) is 2.58. The van der Waals surface area contributed by atoms with Crippen LogP contribution in [0.15, 0.2) is 36.4 Å². The molecule has 3 nitrogen and oxygen atoms in total. The van der Waals surface area contributed by atoms with E-state index < -0.39 is 0 Å². The zero-order valence-electron chi connectivity index (χ0n) is 11.0. The number of rotatable bonds is 7. The number of hydrogen-bond donors (Lipinski definition) is 1. The van der Waals surface area contributed by atoms with Gasteiger partial charge in [-0.05, 0) is 24.3 Å². The Bertz CT molecular complexity index is 363. The van der Waals surface area contributed by atoms with Crippen molar-refractivity contribution in [2.24, 2.45) is 0 Å². The molecular formula is C14H22N2O. The molecule has 0 unspecified atom stereocenters. The first-order valence-electron chi connectivity index (χ1n) is 5.90. The Kier molecular flexibility index (Phi) is 5.57. The lowest BCUT2D eigenvalue weighted by Crippen LogP contribution is -2.25. The second-order valence-electron chi connectivity index (χ2n) is 4.09. The Hall–Kier alpha value is -1.48. The zero-order chi connectivity index (χ0) is 12.7. The van der Waals surface area contributed by atoms with Crippen molar-refractivity contribution in [1.82, 2.24) is 5.32 Å². The Labute approximate surface area is 104 Å². The molecule has 1 N–H and O–H groups in total. The predicted octanol–water partition coefficient (Wildman–Crippen LogP) is 2.30. The van der Waals surface area contributed by atoms with Crippen LogP contribution in [0.4, 0.5) is 5.69 Å². The van der Waals surface area contributed by atoms with E-state index in [9.17, 15) is 0 Å². The number of hydrogen-bond acceptors (Lipinski definition) is 3. The minimum atomic E-state index is 0.847. The summed E-state index contributed by atoms with van der Waals surface area (Å²) >= 11 is 0. The van der Waals surface area contributed by atoms with E-state index in [1.165, 1.54) is 5.57 Å². The molecule has 0 atom stereocenters. The van der Waals surface area contributed by atoms with Crippen molar-refractivity contribution in [3.05, 3.63) is 36.4 Å². The molecule has 0 aliphatic carbocycles. The predicted molar refractivity (Wildman–Crippen MR) is 73.9 cm³/mol. The van der Waals surface area contributed by atoms with Crippen LogP contribution in [-0.4, -0.2) is 33.8 Å². The second-order valence-corrected chi connectivity index (χ2v) is 4.09. The van der Waals surface area contributed by atoms with Crippen molar-refractivity contribution in [2.75, 3.05) is 38.7 Å². The highest BCUT2D eigenvalue weighted by Crippen LogP contribution is 2.20. The first-order valence-corrected chi connectivity index (χ1v) is 5.90. The summed E-state index contributed by atoms with van der Waals surface area (Å²) in [7, 11) is 3.75. The molecule has 1 aromatic rings. The van der Waals surface area contributed by atoms with Gasteiger partial charge in [0.2, 0.25) is 0 Å². The topological polar surface area (TPSA) is 24.5 Å². The molecule has 0 aliphatic heterocycles. The van der Waals surface area contributed by atoms with Crippen LogP contribution in [0.5, 0.6) is 5.75 Å². The third-order valence-electron chi connectivity index (χ3n) is 2.58. The molecule has 0 bridgehead atoms. The van der Waals surface area contributed by atoms with Crippen molar-refractivity contribution in [3.63, 3.8) is 0 Å². The van der Waals surface area contributed by atoms with Crippen LogP contribution in [0.1, 0.15) is 6.92 Å². The molecule has 0 fully saturated rings. The Balaban J connectivity index is 2.56. The molecule has 1 aromatic carbocycles. The first kappa shape index (κ1) is 13.6. The molecule has 0 aliphatic rings. The number of anilines is 1. The number of methoxy groups -OCH3 is 1. The summed E-state index contributed by atoms with van der Waals surface area (Å²) in [4.78, 5) is 2.17. The smallest absolute Gasteiger partial charge is 0.120 e. The van der Waals surface area contributed by atoms with E-state index in [4.69, 9.17) is 4.74 Å². The molecule has 3 heteroatoms. The minimum absolute atomic E-state index is 0.847. The normalized spacial score (nSPS) is 10.1. The van der Waals surface area contributed by atoms with Gasteiger partial charge in [-0.15, -0.1) is 0 Å². The van der Waals surface area contributed by atoms with Crippen LogP contribution >= 0.6 is 0 Å². The van der Waals surface area contributed by atoms with Gasteiger partial charge in [0.1, 0.15) is 5.75 Å². The van der Waals surface area contributed by atoms with Gasteiger partial charge >= 0.3 is 0 Å². The summed E-state index contributed by atoms with van der Waals surface area (Å²) in [6, 6.07) is 8.05. The van der Waals surface area contributed by atoms with Gasteiger partial charge in [0.25, 0.3) is 0 Å². The quantitative estimate of drug-likeness (QED) is 0.733. The van der Waals surface area contributed by atoms with Gasteiger partial charge in [0.05, 0.1) is 7.11 Å². The van der Waals surface area contributed by atoms with E-state index in [0.29, 0.717) is 0 Å². The van der Waals surface area contributed by atoms with Crippen LogP contribution in [0.25, 0.3) is 0 Å². The van der Waals surface area contributed by atoms with Gasteiger partial charge in [-0.25, -0.2) is 0 Å². The van der Waals surface area contributed by atoms with Crippen LogP contribution in [0.2, 0.25) is 0 Å². The lowest BCUT2D eigenvalue weighted by molar-refractivity contribution is 0.415. The summed E-state index contributed by atoms with van der Waals surface area (Å²) in [5, 5.41) is 3.28. The summed E-state index contributed by atoms with van der Waals surface area (Å²) < 4.78 is 5.21. The summed E-state index contributed by atoms with van der Waals surface area (Å²) in [6.07, 6.45) is 0. The Morgan fingerprint density at radius 2 is 2.24 bits per heavy atom. The fourth-order valence-electron chi connectivity index (χ4n) is 1.63. The van der Waals surface area contributed by atoms with Crippen LogP contribution in [0, 0.1) is 0 Å². The fraction of sp³-hybridized carbons (Fsp3) is 0.429. The lowest BCUT2D eigenvalue weighted by Gasteiger charge is -2.21. The van der Waals surface area contributed by atoms with E-state index in [0.717, 1.165) is 31.1 Å². The van der Waals surface area contributed by atoms with E-state index >= 15 is 0 Å². The van der Waals surface area contributed by atoms with Crippen LogP contribution in [0.3, 0.4) is 0 Å². The number of benzene rings is 1. The van der Waals surface area contributed by atoms with E-state index in [1.54, 1.807) is 7.11 Å². The number of nitrogens with one attached hydrogen (secondary N) is 1. The first-order chi connectivity index (χ1) is 8.17. The highest BCUT2D eigenvalue weighted by atomic mass is 16.5. The van der Waals surface area contributed by atoms with Gasteiger partial charge in [0, 0.05) is 31.9 Å². The number of nitrogens with zero attached hydrogens (tertiary/aromatic N) is 1. The molecule has 0 heterocycles. The Morgan fingerprint density at radius 3 is 2.88 bits per heavy atom. The van der Waals surface area contributed by atoms with Crippen LogP contribution < -0.4 is 15.0 Å². The van der Waals surface area contributed by atoms with Gasteiger partial charge in [0.15, 0.2) is 0 Å². The van der Waals surface area contributed by atoms with Gasteiger partial charge in [-0.3, -0.25) is 0 Å². The van der Waals surface area contributed by atoms with E-state index in [-0.39, 0.29) is 0 Å². The van der Waals surface area contributed by atoms with E-state index in [1.807, 2.05) is 18.2 Å². The maximum atomic E-state index is 5.21. The molecule has 94 valence electrons. The largest absolute Gasteiger partial charge is 0.497 e. The van der Waals surface area contributed by atoms with Gasteiger partial charge in [-0.2, -0.15) is 0 Å². The molecule has 0 aromatic heterocycles. The molecule has 0 amide bonds.